The van der Waals surface area contributed by atoms with Crippen molar-refractivity contribution in [3.05, 3.63) is 85.1 Å². The van der Waals surface area contributed by atoms with Gasteiger partial charge in [-0.25, -0.2) is 4.57 Å². The quantitative estimate of drug-likeness (QED) is 0.0319. The molecule has 0 rings (SSSR count). The number of rotatable bonds is 31. The van der Waals surface area contributed by atoms with Crippen LogP contribution in [0.4, 0.5) is 0 Å². The molecule has 0 aromatic rings. The zero-order valence-electron chi connectivity index (χ0n) is 29.6. The van der Waals surface area contributed by atoms with E-state index in [-0.39, 0.29) is 19.4 Å². The molecular formula is C39H63O8P. The van der Waals surface area contributed by atoms with Crippen molar-refractivity contribution in [2.24, 2.45) is 0 Å². The third kappa shape index (κ3) is 36.1. The summed E-state index contributed by atoms with van der Waals surface area (Å²) in [6, 6.07) is 0. The standard InChI is InChI=1S/C39H63O8P/c1-3-5-7-9-11-13-15-17-19-21-23-25-27-29-31-33-38(40)45-35-37(36-46-48(42,43)44)47-39(41)34-32-30-28-26-24-22-20-18-16-14-12-10-8-6-4-2/h6,8,11-14,17-20,24,26,30,32,37H,3-5,7,9-10,15-16,21-23,25,27-29,31,33-36H2,1-2H3,(H2,42,43,44)/b8-6-,13-11-,14-12-,19-17-,20-18-,26-24-,32-30-. The summed E-state index contributed by atoms with van der Waals surface area (Å²) < 4.78 is 26.1. The second kappa shape index (κ2) is 34.1. The van der Waals surface area contributed by atoms with Crippen LogP contribution in [0.5, 0.6) is 0 Å². The lowest BCUT2D eigenvalue weighted by atomic mass is 10.1. The van der Waals surface area contributed by atoms with Crippen molar-refractivity contribution < 1.29 is 37.9 Å². The molecular weight excluding hydrogens is 627 g/mol. The molecule has 272 valence electrons. The number of esters is 2. The Bertz CT molecular complexity index is 1050. The molecule has 0 aliphatic carbocycles. The van der Waals surface area contributed by atoms with Crippen LogP contribution in [-0.4, -0.2) is 41.0 Å². The summed E-state index contributed by atoms with van der Waals surface area (Å²) in [5.41, 5.74) is 0. The van der Waals surface area contributed by atoms with E-state index in [4.69, 9.17) is 19.3 Å². The Morgan fingerprint density at radius 2 is 1.06 bits per heavy atom. The number of hydrogen-bond acceptors (Lipinski definition) is 6. The van der Waals surface area contributed by atoms with Crippen LogP contribution >= 0.6 is 7.82 Å². The lowest BCUT2D eigenvalue weighted by Crippen LogP contribution is -2.29. The molecule has 0 amide bonds. The van der Waals surface area contributed by atoms with Crippen LogP contribution in [0.15, 0.2) is 85.1 Å². The minimum atomic E-state index is -4.78. The second-order valence-corrected chi connectivity index (χ2v) is 12.7. The Morgan fingerprint density at radius 3 is 1.60 bits per heavy atom. The summed E-state index contributed by atoms with van der Waals surface area (Å²) in [4.78, 5) is 42.6. The fourth-order valence-electron chi connectivity index (χ4n) is 4.30. The molecule has 2 N–H and O–H groups in total. The molecule has 0 radical (unpaired) electrons. The van der Waals surface area contributed by atoms with Gasteiger partial charge in [-0.2, -0.15) is 0 Å². The maximum absolute atomic E-state index is 12.3. The van der Waals surface area contributed by atoms with Gasteiger partial charge in [-0.1, -0.05) is 131 Å². The summed E-state index contributed by atoms with van der Waals surface area (Å²) in [6.45, 7) is 3.41. The molecule has 0 aliphatic rings. The summed E-state index contributed by atoms with van der Waals surface area (Å²) in [7, 11) is -4.78. The Balaban J connectivity index is 4.18. The molecule has 8 nitrogen and oxygen atoms in total. The van der Waals surface area contributed by atoms with Gasteiger partial charge in [-0.3, -0.25) is 14.1 Å². The van der Waals surface area contributed by atoms with E-state index in [2.05, 4.69) is 79.1 Å². The molecule has 0 aromatic heterocycles. The zero-order chi connectivity index (χ0) is 35.4. The lowest BCUT2D eigenvalue weighted by Gasteiger charge is -2.18. The van der Waals surface area contributed by atoms with E-state index < -0.39 is 32.5 Å². The molecule has 0 bridgehead atoms. The van der Waals surface area contributed by atoms with Crippen LogP contribution < -0.4 is 0 Å². The monoisotopic (exact) mass is 690 g/mol. The molecule has 1 atom stereocenters. The van der Waals surface area contributed by atoms with Crippen molar-refractivity contribution in [1.82, 2.24) is 0 Å². The summed E-state index contributed by atoms with van der Waals surface area (Å²) in [5, 5.41) is 0. The van der Waals surface area contributed by atoms with Crippen LogP contribution in [0.25, 0.3) is 0 Å². The van der Waals surface area contributed by atoms with Crippen molar-refractivity contribution >= 4 is 19.8 Å². The minimum Gasteiger partial charge on any atom is -0.462 e. The third-order valence-corrected chi connectivity index (χ3v) is 7.42. The van der Waals surface area contributed by atoms with Crippen LogP contribution in [-0.2, 0) is 28.2 Å². The van der Waals surface area contributed by atoms with Gasteiger partial charge in [-0.15, -0.1) is 0 Å². The molecule has 0 aliphatic heterocycles. The summed E-state index contributed by atoms with van der Waals surface area (Å²) in [6.07, 6.45) is 44.7. The maximum Gasteiger partial charge on any atom is 0.469 e. The Morgan fingerprint density at radius 1 is 0.583 bits per heavy atom. The van der Waals surface area contributed by atoms with E-state index in [9.17, 15) is 14.2 Å². The first-order chi connectivity index (χ1) is 23.3. The number of phosphoric ester groups is 1. The van der Waals surface area contributed by atoms with Crippen molar-refractivity contribution in [1.29, 1.82) is 0 Å². The number of hydrogen-bond donors (Lipinski definition) is 2. The van der Waals surface area contributed by atoms with Gasteiger partial charge in [0.25, 0.3) is 0 Å². The molecule has 0 aromatic carbocycles. The first kappa shape index (κ1) is 45.2. The molecule has 0 spiro atoms. The van der Waals surface area contributed by atoms with Crippen LogP contribution in [0.1, 0.15) is 129 Å². The van der Waals surface area contributed by atoms with E-state index in [0.29, 0.717) is 12.8 Å². The van der Waals surface area contributed by atoms with Crippen molar-refractivity contribution in [2.75, 3.05) is 13.2 Å². The highest BCUT2D eigenvalue weighted by Gasteiger charge is 2.22. The average molecular weight is 691 g/mol. The normalized spacial score (nSPS) is 13.5. The largest absolute Gasteiger partial charge is 0.469 e. The number of carbonyl (C=O) groups is 2. The van der Waals surface area contributed by atoms with Crippen molar-refractivity contribution in [3.63, 3.8) is 0 Å². The fourth-order valence-corrected chi connectivity index (χ4v) is 4.66. The predicted octanol–water partition coefficient (Wildman–Crippen LogP) is 10.5. The van der Waals surface area contributed by atoms with Gasteiger partial charge in [0.1, 0.15) is 6.61 Å². The van der Waals surface area contributed by atoms with Crippen LogP contribution in [0.2, 0.25) is 0 Å². The highest BCUT2D eigenvalue weighted by atomic mass is 31.2. The number of ether oxygens (including phenoxy) is 2. The van der Waals surface area contributed by atoms with Crippen molar-refractivity contribution in [2.45, 2.75) is 136 Å². The second-order valence-electron chi connectivity index (χ2n) is 11.5. The van der Waals surface area contributed by atoms with Gasteiger partial charge >= 0.3 is 19.8 Å². The molecule has 9 heteroatoms. The number of phosphoric acid groups is 1. The van der Waals surface area contributed by atoms with Gasteiger partial charge in [0.05, 0.1) is 13.0 Å². The summed E-state index contributed by atoms with van der Waals surface area (Å²) >= 11 is 0. The topological polar surface area (TPSA) is 119 Å². The first-order valence-corrected chi connectivity index (χ1v) is 19.4. The SMILES string of the molecule is CC/C=C\C/C=C\C/C=C\C/C=C\C/C=C\CC(=O)OC(COC(=O)CCCCCCC/C=C\C/C=C\CCCCC)COP(=O)(O)O. The van der Waals surface area contributed by atoms with Crippen LogP contribution in [0.3, 0.4) is 0 Å². The Labute approximate surface area is 291 Å². The van der Waals surface area contributed by atoms with Gasteiger partial charge < -0.3 is 19.3 Å². The molecule has 1 unspecified atom stereocenters. The van der Waals surface area contributed by atoms with Gasteiger partial charge in [0.15, 0.2) is 6.10 Å². The average Bonchev–Trinajstić information content (AvgIpc) is 3.05. The molecule has 0 saturated heterocycles. The van der Waals surface area contributed by atoms with E-state index in [0.717, 1.165) is 64.2 Å². The Hall–Kier alpha value is -2.77. The number of unbranched alkanes of at least 4 members (excludes halogenated alkanes) is 8. The zero-order valence-corrected chi connectivity index (χ0v) is 30.5. The van der Waals surface area contributed by atoms with E-state index in [1.165, 1.54) is 25.7 Å². The summed E-state index contributed by atoms with van der Waals surface area (Å²) in [5.74, 6) is -1.06. The van der Waals surface area contributed by atoms with E-state index >= 15 is 0 Å². The minimum absolute atomic E-state index is 0.0279. The molecule has 0 saturated carbocycles. The van der Waals surface area contributed by atoms with Crippen LogP contribution in [0, 0.1) is 0 Å². The van der Waals surface area contributed by atoms with E-state index in [1.807, 2.05) is 18.2 Å². The van der Waals surface area contributed by atoms with Crippen molar-refractivity contribution in [3.8, 4) is 0 Å². The number of allylic oxidation sites excluding steroid dienone is 13. The molecule has 0 fully saturated rings. The predicted molar refractivity (Wildman–Crippen MR) is 197 cm³/mol. The molecule has 48 heavy (non-hydrogen) atoms. The van der Waals surface area contributed by atoms with E-state index in [1.54, 1.807) is 6.08 Å². The van der Waals surface area contributed by atoms with Gasteiger partial charge in [0, 0.05) is 6.42 Å². The third-order valence-electron chi connectivity index (χ3n) is 6.93. The first-order valence-electron chi connectivity index (χ1n) is 17.9. The highest BCUT2D eigenvalue weighted by Crippen LogP contribution is 2.35. The lowest BCUT2D eigenvalue weighted by molar-refractivity contribution is -0.160. The van der Waals surface area contributed by atoms with Gasteiger partial charge in [-0.05, 0) is 70.6 Å². The molecule has 0 heterocycles. The Kier molecular flexibility index (Phi) is 32.1. The number of carbonyl (C=O) groups excluding carboxylic acids is 2. The fraction of sp³-hybridized carbons (Fsp3) is 0.590. The maximum atomic E-state index is 12.3. The smallest absolute Gasteiger partial charge is 0.462 e. The highest BCUT2D eigenvalue weighted by molar-refractivity contribution is 7.46. The van der Waals surface area contributed by atoms with Gasteiger partial charge in [0.2, 0.25) is 0 Å².